The fourth-order valence-electron chi connectivity index (χ4n) is 1.07. The SMILES string of the molecule is CCNC(=NCc1ccccc1)NN. The van der Waals surface area contributed by atoms with Crippen molar-refractivity contribution in [3.63, 3.8) is 0 Å². The standard InChI is InChI=1S/C10H16N4/c1-2-12-10(14-11)13-8-9-6-4-3-5-7-9/h3-7H,2,8,11H2,1H3,(H2,12,13,14). The Hall–Kier alpha value is -1.55. The molecule has 4 nitrogen and oxygen atoms in total. The van der Waals surface area contributed by atoms with Crippen molar-refractivity contribution in [2.75, 3.05) is 6.54 Å². The van der Waals surface area contributed by atoms with E-state index in [-0.39, 0.29) is 0 Å². The minimum absolute atomic E-state index is 0.622. The molecular formula is C10H16N4. The van der Waals surface area contributed by atoms with Crippen LogP contribution >= 0.6 is 0 Å². The van der Waals surface area contributed by atoms with Gasteiger partial charge in [0.15, 0.2) is 0 Å². The quantitative estimate of drug-likeness (QED) is 0.285. The van der Waals surface area contributed by atoms with Crippen LogP contribution in [0.3, 0.4) is 0 Å². The first-order chi connectivity index (χ1) is 6.86. The molecule has 0 saturated heterocycles. The smallest absolute Gasteiger partial charge is 0.206 e. The van der Waals surface area contributed by atoms with Gasteiger partial charge in [0.2, 0.25) is 5.96 Å². The second-order valence-electron chi connectivity index (χ2n) is 2.83. The molecule has 0 fully saturated rings. The maximum Gasteiger partial charge on any atom is 0.206 e. The number of guanidine groups is 1. The first-order valence-electron chi connectivity index (χ1n) is 4.65. The highest BCUT2D eigenvalue weighted by Crippen LogP contribution is 1.99. The van der Waals surface area contributed by atoms with Crippen molar-refractivity contribution in [1.82, 2.24) is 10.7 Å². The number of nitrogens with two attached hydrogens (primary N) is 1. The van der Waals surface area contributed by atoms with Crippen LogP contribution in [0.15, 0.2) is 35.3 Å². The molecule has 0 aliphatic carbocycles. The van der Waals surface area contributed by atoms with Gasteiger partial charge in [-0.1, -0.05) is 30.3 Å². The normalized spacial score (nSPS) is 11.1. The van der Waals surface area contributed by atoms with Crippen LogP contribution in [0.5, 0.6) is 0 Å². The van der Waals surface area contributed by atoms with E-state index in [4.69, 9.17) is 5.84 Å². The van der Waals surface area contributed by atoms with Crippen LogP contribution in [0, 0.1) is 0 Å². The first kappa shape index (κ1) is 10.5. The molecule has 0 saturated carbocycles. The van der Waals surface area contributed by atoms with Gasteiger partial charge in [0, 0.05) is 6.54 Å². The average Bonchev–Trinajstić information content (AvgIpc) is 2.25. The predicted octanol–water partition coefficient (Wildman–Crippen LogP) is 0.615. The van der Waals surface area contributed by atoms with Gasteiger partial charge in [-0.25, -0.2) is 10.8 Å². The van der Waals surface area contributed by atoms with Crippen molar-refractivity contribution in [3.8, 4) is 0 Å². The Labute approximate surface area is 84.2 Å². The maximum absolute atomic E-state index is 5.28. The van der Waals surface area contributed by atoms with E-state index >= 15 is 0 Å². The molecule has 1 rings (SSSR count). The molecule has 0 amide bonds. The van der Waals surface area contributed by atoms with Crippen molar-refractivity contribution in [3.05, 3.63) is 35.9 Å². The number of aliphatic imine (C=N–C) groups is 1. The highest BCUT2D eigenvalue weighted by atomic mass is 15.3. The second-order valence-corrected chi connectivity index (χ2v) is 2.83. The lowest BCUT2D eigenvalue weighted by molar-refractivity contribution is 0.852. The fourth-order valence-corrected chi connectivity index (χ4v) is 1.07. The molecule has 0 atom stereocenters. The summed E-state index contributed by atoms with van der Waals surface area (Å²) in [4.78, 5) is 4.27. The van der Waals surface area contributed by atoms with Crippen LogP contribution in [-0.4, -0.2) is 12.5 Å². The fraction of sp³-hybridized carbons (Fsp3) is 0.300. The number of nitrogens with zero attached hydrogens (tertiary/aromatic N) is 1. The van der Waals surface area contributed by atoms with E-state index in [2.05, 4.69) is 15.7 Å². The number of hydrogen-bond acceptors (Lipinski definition) is 2. The van der Waals surface area contributed by atoms with Gasteiger partial charge < -0.3 is 5.32 Å². The van der Waals surface area contributed by atoms with E-state index < -0.39 is 0 Å². The number of benzene rings is 1. The maximum atomic E-state index is 5.28. The first-order valence-corrected chi connectivity index (χ1v) is 4.65. The van der Waals surface area contributed by atoms with Gasteiger partial charge in [0.25, 0.3) is 0 Å². The van der Waals surface area contributed by atoms with E-state index in [9.17, 15) is 0 Å². The molecule has 0 unspecified atom stereocenters. The summed E-state index contributed by atoms with van der Waals surface area (Å²) in [7, 11) is 0. The van der Waals surface area contributed by atoms with Gasteiger partial charge in [-0.15, -0.1) is 0 Å². The minimum Gasteiger partial charge on any atom is -0.356 e. The number of nitrogens with one attached hydrogen (secondary N) is 2. The molecule has 0 aliphatic rings. The summed E-state index contributed by atoms with van der Waals surface area (Å²) >= 11 is 0. The van der Waals surface area contributed by atoms with E-state index in [1.54, 1.807) is 0 Å². The molecule has 0 aromatic heterocycles. The van der Waals surface area contributed by atoms with E-state index in [0.717, 1.165) is 12.1 Å². The molecule has 76 valence electrons. The number of rotatable bonds is 3. The molecule has 1 aromatic carbocycles. The molecule has 14 heavy (non-hydrogen) atoms. The number of hydrogen-bond donors (Lipinski definition) is 3. The second kappa shape index (κ2) is 5.99. The van der Waals surface area contributed by atoms with Crippen molar-refractivity contribution in [2.24, 2.45) is 10.8 Å². The zero-order valence-electron chi connectivity index (χ0n) is 8.33. The average molecular weight is 192 g/mol. The minimum atomic E-state index is 0.622. The van der Waals surface area contributed by atoms with Gasteiger partial charge in [-0.3, -0.25) is 5.43 Å². The third-order valence-corrected chi connectivity index (χ3v) is 1.74. The van der Waals surface area contributed by atoms with Crippen LogP contribution < -0.4 is 16.6 Å². The Bertz CT molecular complexity index is 281. The Morgan fingerprint density at radius 3 is 2.64 bits per heavy atom. The summed E-state index contributed by atoms with van der Waals surface area (Å²) in [5.74, 6) is 5.90. The highest BCUT2D eigenvalue weighted by molar-refractivity contribution is 5.79. The van der Waals surface area contributed by atoms with E-state index in [1.807, 2.05) is 37.3 Å². The van der Waals surface area contributed by atoms with Crippen LogP contribution in [0.2, 0.25) is 0 Å². The Morgan fingerprint density at radius 2 is 2.07 bits per heavy atom. The third-order valence-electron chi connectivity index (χ3n) is 1.74. The van der Waals surface area contributed by atoms with Crippen molar-refractivity contribution in [2.45, 2.75) is 13.5 Å². The Kier molecular flexibility index (Phi) is 4.50. The van der Waals surface area contributed by atoms with Crippen LogP contribution in [0.1, 0.15) is 12.5 Å². The van der Waals surface area contributed by atoms with Crippen LogP contribution in [0.25, 0.3) is 0 Å². The lowest BCUT2D eigenvalue weighted by Gasteiger charge is -2.06. The Balaban J connectivity index is 2.52. The topological polar surface area (TPSA) is 62.4 Å². The van der Waals surface area contributed by atoms with Gasteiger partial charge in [0.1, 0.15) is 0 Å². The summed E-state index contributed by atoms with van der Waals surface area (Å²) in [6, 6.07) is 10.0. The van der Waals surface area contributed by atoms with E-state index in [0.29, 0.717) is 12.5 Å². The van der Waals surface area contributed by atoms with Gasteiger partial charge in [-0.05, 0) is 12.5 Å². The van der Waals surface area contributed by atoms with Gasteiger partial charge >= 0.3 is 0 Å². The molecule has 1 aromatic rings. The highest BCUT2D eigenvalue weighted by Gasteiger charge is 1.92. The van der Waals surface area contributed by atoms with Crippen LogP contribution in [0.4, 0.5) is 0 Å². The van der Waals surface area contributed by atoms with Crippen molar-refractivity contribution in [1.29, 1.82) is 0 Å². The molecule has 0 spiro atoms. The number of hydrazine groups is 1. The summed E-state index contributed by atoms with van der Waals surface area (Å²) in [6.45, 7) is 3.43. The van der Waals surface area contributed by atoms with Crippen LogP contribution in [-0.2, 0) is 6.54 Å². The van der Waals surface area contributed by atoms with Gasteiger partial charge in [0.05, 0.1) is 6.54 Å². The molecular weight excluding hydrogens is 176 g/mol. The molecule has 0 heterocycles. The third kappa shape index (κ3) is 3.45. The lowest BCUT2D eigenvalue weighted by Crippen LogP contribution is -2.41. The predicted molar refractivity (Wildman–Crippen MR) is 58.6 cm³/mol. The molecule has 4 heteroatoms. The van der Waals surface area contributed by atoms with Crippen molar-refractivity contribution < 1.29 is 0 Å². The monoisotopic (exact) mass is 192 g/mol. The Morgan fingerprint density at radius 1 is 1.36 bits per heavy atom. The van der Waals surface area contributed by atoms with Crippen molar-refractivity contribution >= 4 is 5.96 Å². The lowest BCUT2D eigenvalue weighted by atomic mass is 10.2. The molecule has 0 radical (unpaired) electrons. The zero-order valence-corrected chi connectivity index (χ0v) is 8.33. The largest absolute Gasteiger partial charge is 0.356 e. The molecule has 0 aliphatic heterocycles. The molecule has 4 N–H and O–H groups in total. The van der Waals surface area contributed by atoms with E-state index in [1.165, 1.54) is 0 Å². The summed E-state index contributed by atoms with van der Waals surface area (Å²) in [5.41, 5.74) is 3.68. The summed E-state index contributed by atoms with van der Waals surface area (Å²) in [5, 5.41) is 3.02. The van der Waals surface area contributed by atoms with Gasteiger partial charge in [-0.2, -0.15) is 0 Å². The summed E-state index contributed by atoms with van der Waals surface area (Å²) in [6.07, 6.45) is 0. The molecule has 0 bridgehead atoms. The zero-order chi connectivity index (χ0) is 10.2. The summed E-state index contributed by atoms with van der Waals surface area (Å²) < 4.78 is 0.